The molecule has 0 unspecified atom stereocenters. The molecule has 0 aliphatic rings. The third kappa shape index (κ3) is 3.06. The van der Waals surface area contributed by atoms with Crippen molar-refractivity contribution in [2.24, 2.45) is 0 Å². The van der Waals surface area contributed by atoms with E-state index in [2.05, 4.69) is 6.07 Å². The Balaban J connectivity index is 2.45. The van der Waals surface area contributed by atoms with Gasteiger partial charge in [-0.3, -0.25) is 9.36 Å². The van der Waals surface area contributed by atoms with E-state index in [1.807, 2.05) is 25.1 Å². The van der Waals surface area contributed by atoms with Crippen LogP contribution in [0.25, 0.3) is 16.8 Å². The number of pyridine rings is 1. The maximum atomic E-state index is 13.1. The van der Waals surface area contributed by atoms with Gasteiger partial charge in [0.1, 0.15) is 29.1 Å². The highest BCUT2D eigenvalue weighted by molar-refractivity contribution is 6.30. The van der Waals surface area contributed by atoms with Gasteiger partial charge in [0, 0.05) is 10.6 Å². The van der Waals surface area contributed by atoms with Crippen molar-refractivity contribution in [3.63, 3.8) is 0 Å². The molecule has 0 aliphatic carbocycles. The number of aromatic nitrogens is 1. The minimum atomic E-state index is -0.556. The Morgan fingerprint density at radius 2 is 1.67 bits per heavy atom. The first-order valence-corrected chi connectivity index (χ1v) is 8.64. The van der Waals surface area contributed by atoms with Crippen molar-refractivity contribution in [3.8, 4) is 29.0 Å². The van der Waals surface area contributed by atoms with Gasteiger partial charge in [0.25, 0.3) is 5.56 Å². The van der Waals surface area contributed by atoms with Crippen LogP contribution in [-0.4, -0.2) is 4.57 Å². The second-order valence-corrected chi connectivity index (χ2v) is 6.30. The van der Waals surface area contributed by atoms with Crippen molar-refractivity contribution < 1.29 is 0 Å². The Hall–Kier alpha value is -3.54. The van der Waals surface area contributed by atoms with Crippen LogP contribution in [0.5, 0.6) is 0 Å². The monoisotopic (exact) mass is 374 g/mol. The molecular weight excluding hydrogens is 360 g/mol. The zero-order chi connectivity index (χ0) is 19.6. The van der Waals surface area contributed by atoms with E-state index >= 15 is 0 Å². The van der Waals surface area contributed by atoms with E-state index < -0.39 is 5.56 Å². The largest absolute Gasteiger partial charge is 0.384 e. The summed E-state index contributed by atoms with van der Waals surface area (Å²) in [7, 11) is 0. The quantitative estimate of drug-likeness (QED) is 0.748. The lowest BCUT2D eigenvalue weighted by atomic mass is 9.96. The van der Waals surface area contributed by atoms with Crippen LogP contribution in [0.2, 0.25) is 5.02 Å². The molecule has 1 aromatic heterocycles. The highest BCUT2D eigenvalue weighted by atomic mass is 35.5. The summed E-state index contributed by atoms with van der Waals surface area (Å²) in [6, 6.07) is 17.9. The molecule has 0 amide bonds. The fourth-order valence-electron chi connectivity index (χ4n) is 3.08. The summed E-state index contributed by atoms with van der Waals surface area (Å²) < 4.78 is 1.25. The van der Waals surface area contributed by atoms with Gasteiger partial charge in [-0.1, -0.05) is 48.9 Å². The normalized spacial score (nSPS) is 10.2. The summed E-state index contributed by atoms with van der Waals surface area (Å²) in [6.45, 7) is 1.96. The first-order chi connectivity index (χ1) is 13.0. The van der Waals surface area contributed by atoms with Crippen molar-refractivity contribution >= 4 is 17.4 Å². The van der Waals surface area contributed by atoms with Crippen LogP contribution in [0.3, 0.4) is 0 Å². The van der Waals surface area contributed by atoms with E-state index in [9.17, 15) is 15.3 Å². The lowest BCUT2D eigenvalue weighted by Gasteiger charge is -2.18. The summed E-state index contributed by atoms with van der Waals surface area (Å²) in [5.41, 5.74) is 7.86. The van der Waals surface area contributed by atoms with E-state index in [0.29, 0.717) is 22.7 Å². The topological polar surface area (TPSA) is 95.6 Å². The average Bonchev–Trinajstić information content (AvgIpc) is 2.69. The molecule has 1 heterocycles. The molecule has 0 atom stereocenters. The van der Waals surface area contributed by atoms with Crippen molar-refractivity contribution in [1.29, 1.82) is 10.5 Å². The number of nitrogens with two attached hydrogens (primary N) is 1. The number of nitrogens with zero attached hydrogens (tertiary/aromatic N) is 3. The number of nitrogen functional groups attached to an aromatic ring is 1. The number of halogens is 1. The fourth-order valence-corrected chi connectivity index (χ4v) is 3.21. The van der Waals surface area contributed by atoms with Crippen LogP contribution >= 0.6 is 11.6 Å². The summed E-state index contributed by atoms with van der Waals surface area (Å²) in [5.74, 6) is 0.00681. The molecule has 132 valence electrons. The minimum Gasteiger partial charge on any atom is -0.384 e. The SMILES string of the molecule is CCc1ccccc1-n1c(N)c(C#N)c(-c2ccc(Cl)cc2)c(C#N)c1=O. The van der Waals surface area contributed by atoms with Crippen molar-refractivity contribution in [3.05, 3.63) is 80.6 Å². The van der Waals surface area contributed by atoms with E-state index in [1.54, 1.807) is 36.4 Å². The summed E-state index contributed by atoms with van der Waals surface area (Å²) in [6.07, 6.45) is 0.671. The third-order valence-electron chi connectivity index (χ3n) is 4.38. The van der Waals surface area contributed by atoms with Gasteiger partial charge in [0.2, 0.25) is 0 Å². The smallest absolute Gasteiger partial charge is 0.275 e. The number of benzene rings is 2. The summed E-state index contributed by atoms with van der Waals surface area (Å²) >= 11 is 5.93. The Morgan fingerprint density at radius 1 is 1.04 bits per heavy atom. The molecule has 5 nitrogen and oxygen atoms in total. The van der Waals surface area contributed by atoms with Crippen LogP contribution in [0.1, 0.15) is 23.6 Å². The standard InChI is InChI=1S/C21H15ClN4O/c1-2-13-5-3-4-6-18(13)26-20(25)16(11-23)19(17(12-24)21(26)27)14-7-9-15(22)10-8-14/h3-10H,2,25H2,1H3. The maximum Gasteiger partial charge on any atom is 0.275 e. The second-order valence-electron chi connectivity index (χ2n) is 5.86. The number of aryl methyl sites for hydroxylation is 1. The predicted octanol–water partition coefficient (Wildman–Crippen LogP) is 4.05. The molecule has 3 aromatic rings. The van der Waals surface area contributed by atoms with Crippen molar-refractivity contribution in [2.75, 3.05) is 5.73 Å². The zero-order valence-corrected chi connectivity index (χ0v) is 15.3. The van der Waals surface area contributed by atoms with Gasteiger partial charge in [0.05, 0.1) is 5.69 Å². The molecular formula is C21H15ClN4O. The van der Waals surface area contributed by atoms with E-state index in [0.717, 1.165) is 5.56 Å². The van der Waals surface area contributed by atoms with E-state index in [1.165, 1.54) is 4.57 Å². The molecule has 3 rings (SSSR count). The van der Waals surface area contributed by atoms with Crippen LogP contribution < -0.4 is 11.3 Å². The van der Waals surface area contributed by atoms with Gasteiger partial charge in [-0.25, -0.2) is 0 Å². The highest BCUT2D eigenvalue weighted by Gasteiger charge is 2.23. The summed E-state index contributed by atoms with van der Waals surface area (Å²) in [5, 5.41) is 19.9. The molecule has 0 saturated heterocycles. The number of anilines is 1. The fraction of sp³-hybridized carbons (Fsp3) is 0.0952. The lowest BCUT2D eigenvalue weighted by molar-refractivity contribution is 0.959. The third-order valence-corrected chi connectivity index (χ3v) is 4.64. The number of rotatable bonds is 3. The first-order valence-electron chi connectivity index (χ1n) is 8.26. The molecule has 2 aromatic carbocycles. The van der Waals surface area contributed by atoms with Gasteiger partial charge in [-0.2, -0.15) is 10.5 Å². The van der Waals surface area contributed by atoms with Crippen LogP contribution in [0, 0.1) is 22.7 Å². The Kier molecular flexibility index (Phi) is 4.98. The lowest BCUT2D eigenvalue weighted by Crippen LogP contribution is -2.27. The van der Waals surface area contributed by atoms with E-state index in [-0.39, 0.29) is 22.5 Å². The van der Waals surface area contributed by atoms with Gasteiger partial charge in [0.15, 0.2) is 0 Å². The predicted molar refractivity (Wildman–Crippen MR) is 106 cm³/mol. The Morgan fingerprint density at radius 3 is 2.26 bits per heavy atom. The first kappa shape index (κ1) is 18.3. The molecule has 0 fully saturated rings. The van der Waals surface area contributed by atoms with Gasteiger partial charge >= 0.3 is 0 Å². The molecule has 27 heavy (non-hydrogen) atoms. The molecule has 2 N–H and O–H groups in total. The molecule has 0 spiro atoms. The zero-order valence-electron chi connectivity index (χ0n) is 14.5. The Labute approximate surface area is 161 Å². The number of nitriles is 2. The second kappa shape index (κ2) is 7.37. The number of hydrogen-bond donors (Lipinski definition) is 1. The van der Waals surface area contributed by atoms with Crippen LogP contribution in [0.4, 0.5) is 5.82 Å². The van der Waals surface area contributed by atoms with Crippen LogP contribution in [0.15, 0.2) is 53.3 Å². The number of para-hydroxylation sites is 1. The molecule has 0 saturated carbocycles. The van der Waals surface area contributed by atoms with Gasteiger partial charge in [-0.15, -0.1) is 0 Å². The van der Waals surface area contributed by atoms with Gasteiger partial charge in [-0.05, 0) is 35.7 Å². The van der Waals surface area contributed by atoms with Gasteiger partial charge < -0.3 is 5.73 Å². The molecule has 0 aliphatic heterocycles. The molecule has 6 heteroatoms. The van der Waals surface area contributed by atoms with E-state index in [4.69, 9.17) is 17.3 Å². The Bertz CT molecular complexity index is 1170. The highest BCUT2D eigenvalue weighted by Crippen LogP contribution is 2.31. The minimum absolute atomic E-state index is 0.00681. The van der Waals surface area contributed by atoms with Crippen molar-refractivity contribution in [1.82, 2.24) is 4.57 Å². The molecule has 0 bridgehead atoms. The maximum absolute atomic E-state index is 13.1. The molecule has 0 radical (unpaired) electrons. The van der Waals surface area contributed by atoms with Crippen molar-refractivity contribution in [2.45, 2.75) is 13.3 Å². The average molecular weight is 375 g/mol. The number of hydrogen-bond acceptors (Lipinski definition) is 4. The van der Waals surface area contributed by atoms with Crippen LogP contribution in [-0.2, 0) is 6.42 Å². The summed E-state index contributed by atoms with van der Waals surface area (Å²) in [4.78, 5) is 13.1.